The Morgan fingerprint density at radius 2 is 2.29 bits per heavy atom. The Morgan fingerprint density at radius 3 is 3.07 bits per heavy atom. The Kier molecular flexibility index (Phi) is 3.43. The van der Waals surface area contributed by atoms with E-state index in [-0.39, 0.29) is 0 Å². The van der Waals surface area contributed by atoms with E-state index >= 15 is 0 Å². The molecule has 14 heavy (non-hydrogen) atoms. The van der Waals surface area contributed by atoms with E-state index in [1.165, 1.54) is 10.8 Å². The summed E-state index contributed by atoms with van der Waals surface area (Å²) in [6.07, 6.45) is 2.22. The molecule has 0 amide bonds. The topological polar surface area (TPSA) is 28.7 Å². The minimum atomic E-state index is 1.04. The van der Waals surface area contributed by atoms with Crippen LogP contribution < -0.4 is 0 Å². The van der Waals surface area contributed by atoms with E-state index in [0.29, 0.717) is 0 Å². The van der Waals surface area contributed by atoms with Gasteiger partial charge in [0.25, 0.3) is 0 Å². The molecule has 0 spiro atoms. The molecule has 0 atom stereocenters. The number of rotatable bonds is 3. The van der Waals surface area contributed by atoms with E-state index in [1.807, 2.05) is 12.1 Å². The number of benzene rings is 1. The van der Waals surface area contributed by atoms with Crippen molar-refractivity contribution in [1.29, 1.82) is 0 Å². The van der Waals surface area contributed by atoms with Gasteiger partial charge in [-0.05, 0) is 29.0 Å². The third kappa shape index (κ3) is 2.28. The maximum absolute atomic E-state index is 4.52. The monoisotopic (exact) mass is 364 g/mol. The average molecular weight is 365 g/mol. The molecule has 1 N–H and O–H groups in total. The van der Waals surface area contributed by atoms with Crippen LogP contribution in [0.4, 0.5) is 0 Å². The zero-order valence-electron chi connectivity index (χ0n) is 7.56. The molecule has 2 aromatic rings. The summed E-state index contributed by atoms with van der Waals surface area (Å²) < 4.78 is 2.26. The lowest BCUT2D eigenvalue weighted by Crippen LogP contribution is -1.87. The normalized spacial score (nSPS) is 11.0. The first-order valence-electron chi connectivity index (χ1n) is 4.50. The van der Waals surface area contributed by atoms with Crippen LogP contribution in [0.2, 0.25) is 0 Å². The van der Waals surface area contributed by atoms with E-state index in [9.17, 15) is 0 Å². The maximum atomic E-state index is 4.52. The lowest BCUT2D eigenvalue weighted by Gasteiger charge is -1.90. The highest BCUT2D eigenvalue weighted by Crippen LogP contribution is 2.18. The number of hydrogen-bond acceptors (Lipinski definition) is 1. The maximum Gasteiger partial charge on any atom is 0.107 e. The second-order valence-corrected chi connectivity index (χ2v) is 5.13. The van der Waals surface area contributed by atoms with E-state index in [2.05, 4.69) is 54.6 Å². The number of aryl methyl sites for hydroxylation is 1. The molecule has 1 aromatic heterocycles. The Bertz CT molecular complexity index is 439. The van der Waals surface area contributed by atoms with Crippen LogP contribution in [0, 0.1) is 0 Å². The van der Waals surface area contributed by atoms with Crippen molar-refractivity contribution in [3.8, 4) is 0 Å². The molecule has 0 fully saturated rings. The Hall–Kier alpha value is -0.100. The summed E-state index contributed by atoms with van der Waals surface area (Å²) in [4.78, 5) is 7.84. The van der Waals surface area contributed by atoms with E-state index < -0.39 is 0 Å². The summed E-state index contributed by atoms with van der Waals surface area (Å²) in [5, 5.41) is 0. The zero-order chi connectivity index (χ0) is 9.97. The predicted octanol–water partition coefficient (Wildman–Crippen LogP) is 3.69. The van der Waals surface area contributed by atoms with Gasteiger partial charge in [0.15, 0.2) is 0 Å². The van der Waals surface area contributed by atoms with Gasteiger partial charge in [-0.1, -0.05) is 38.5 Å². The van der Waals surface area contributed by atoms with Crippen LogP contribution >= 0.6 is 38.5 Å². The van der Waals surface area contributed by atoms with Crippen molar-refractivity contribution >= 4 is 49.6 Å². The standard InChI is InChI=1S/C10H10BrIN2/c11-7-3-4-8-9(6-7)14-10(13-8)2-1-5-12/h3-4,6H,1-2,5H2,(H,13,14). The van der Waals surface area contributed by atoms with Gasteiger partial charge in [0, 0.05) is 10.9 Å². The fourth-order valence-electron chi connectivity index (χ4n) is 1.38. The summed E-state index contributed by atoms with van der Waals surface area (Å²) in [6, 6.07) is 6.13. The van der Waals surface area contributed by atoms with Gasteiger partial charge in [-0.3, -0.25) is 0 Å². The van der Waals surface area contributed by atoms with Gasteiger partial charge in [0.05, 0.1) is 11.0 Å². The summed E-state index contributed by atoms with van der Waals surface area (Å²) in [7, 11) is 0. The van der Waals surface area contributed by atoms with Gasteiger partial charge in [-0.15, -0.1) is 0 Å². The molecular formula is C10H10BrIN2. The third-order valence-electron chi connectivity index (χ3n) is 2.04. The Balaban J connectivity index is 2.32. The van der Waals surface area contributed by atoms with E-state index in [1.54, 1.807) is 0 Å². The minimum absolute atomic E-state index is 1.04. The smallest absolute Gasteiger partial charge is 0.107 e. The molecule has 0 aliphatic rings. The second kappa shape index (κ2) is 4.61. The number of nitrogens with one attached hydrogen (secondary N) is 1. The van der Waals surface area contributed by atoms with Crippen molar-refractivity contribution in [3.63, 3.8) is 0 Å². The lowest BCUT2D eigenvalue weighted by atomic mass is 10.3. The van der Waals surface area contributed by atoms with Crippen molar-refractivity contribution in [2.45, 2.75) is 12.8 Å². The third-order valence-corrected chi connectivity index (χ3v) is 3.30. The number of nitrogens with zero attached hydrogens (tertiary/aromatic N) is 1. The van der Waals surface area contributed by atoms with E-state index in [0.717, 1.165) is 27.8 Å². The molecule has 0 aliphatic carbocycles. The summed E-state index contributed by atoms with van der Waals surface area (Å²) in [5.74, 6) is 1.09. The minimum Gasteiger partial charge on any atom is -0.342 e. The molecule has 0 unspecified atom stereocenters. The molecule has 0 aliphatic heterocycles. The SMILES string of the molecule is Brc1ccc2[nH]c(CCCI)nc2c1. The molecule has 0 saturated heterocycles. The highest BCUT2D eigenvalue weighted by molar-refractivity contribution is 14.1. The molecular weight excluding hydrogens is 355 g/mol. The summed E-state index contributed by atoms with van der Waals surface area (Å²) in [6.45, 7) is 0. The van der Waals surface area contributed by atoms with Crippen molar-refractivity contribution in [2.75, 3.05) is 4.43 Å². The van der Waals surface area contributed by atoms with E-state index in [4.69, 9.17) is 0 Å². The molecule has 0 saturated carbocycles. The number of alkyl halides is 1. The van der Waals surface area contributed by atoms with Crippen LogP contribution in [0.3, 0.4) is 0 Å². The van der Waals surface area contributed by atoms with Crippen LogP contribution in [0.25, 0.3) is 11.0 Å². The van der Waals surface area contributed by atoms with Crippen molar-refractivity contribution in [2.24, 2.45) is 0 Å². The fraction of sp³-hybridized carbons (Fsp3) is 0.300. The number of fused-ring (bicyclic) bond motifs is 1. The molecule has 4 heteroatoms. The first-order chi connectivity index (χ1) is 6.79. The largest absolute Gasteiger partial charge is 0.342 e. The second-order valence-electron chi connectivity index (χ2n) is 3.14. The van der Waals surface area contributed by atoms with Gasteiger partial charge in [0.2, 0.25) is 0 Å². The molecule has 1 aromatic carbocycles. The Labute approximate surface area is 105 Å². The Morgan fingerprint density at radius 1 is 1.43 bits per heavy atom. The number of aromatic amines is 1. The number of aromatic nitrogens is 2. The number of imidazole rings is 1. The number of hydrogen-bond donors (Lipinski definition) is 1. The summed E-state index contributed by atoms with van der Waals surface area (Å²) in [5.41, 5.74) is 2.17. The van der Waals surface area contributed by atoms with Crippen LogP contribution in [-0.2, 0) is 6.42 Å². The number of H-pyrrole nitrogens is 1. The van der Waals surface area contributed by atoms with Crippen molar-refractivity contribution < 1.29 is 0 Å². The van der Waals surface area contributed by atoms with Gasteiger partial charge >= 0.3 is 0 Å². The van der Waals surface area contributed by atoms with Crippen LogP contribution in [-0.4, -0.2) is 14.4 Å². The highest BCUT2D eigenvalue weighted by atomic mass is 127. The number of halogens is 2. The average Bonchev–Trinajstić information content (AvgIpc) is 2.56. The molecule has 0 bridgehead atoms. The zero-order valence-corrected chi connectivity index (χ0v) is 11.3. The molecule has 74 valence electrons. The molecule has 2 rings (SSSR count). The van der Waals surface area contributed by atoms with Crippen LogP contribution in [0.5, 0.6) is 0 Å². The first-order valence-corrected chi connectivity index (χ1v) is 6.81. The van der Waals surface area contributed by atoms with Crippen LogP contribution in [0.1, 0.15) is 12.2 Å². The molecule has 0 radical (unpaired) electrons. The van der Waals surface area contributed by atoms with Crippen molar-refractivity contribution in [1.82, 2.24) is 9.97 Å². The quantitative estimate of drug-likeness (QED) is 0.653. The summed E-state index contributed by atoms with van der Waals surface area (Å²) >= 11 is 5.83. The van der Waals surface area contributed by atoms with Crippen LogP contribution in [0.15, 0.2) is 22.7 Å². The first kappa shape index (κ1) is 10.4. The predicted molar refractivity (Wildman–Crippen MR) is 71.0 cm³/mol. The highest BCUT2D eigenvalue weighted by Gasteiger charge is 2.02. The van der Waals surface area contributed by atoms with Gasteiger partial charge in [-0.25, -0.2) is 4.98 Å². The fourth-order valence-corrected chi connectivity index (χ4v) is 2.11. The molecule has 2 nitrogen and oxygen atoms in total. The van der Waals surface area contributed by atoms with Crippen molar-refractivity contribution in [3.05, 3.63) is 28.5 Å². The van der Waals surface area contributed by atoms with Gasteiger partial charge in [-0.2, -0.15) is 0 Å². The van der Waals surface area contributed by atoms with Gasteiger partial charge < -0.3 is 4.98 Å². The lowest BCUT2D eigenvalue weighted by molar-refractivity contribution is 0.878. The molecule has 1 heterocycles. The van der Waals surface area contributed by atoms with Gasteiger partial charge in [0.1, 0.15) is 5.82 Å².